The molecule has 3 rings (SSSR count). The average Bonchev–Trinajstić information content (AvgIpc) is 3.13. The van der Waals surface area contributed by atoms with Crippen LogP contribution in [0.15, 0.2) is 28.6 Å². The molecule has 2 N–H and O–H groups in total. The number of sulfonamides is 1. The molecule has 2 aromatic rings. The van der Waals surface area contributed by atoms with Crippen LogP contribution in [0.25, 0.3) is 0 Å². The summed E-state index contributed by atoms with van der Waals surface area (Å²) in [7, 11) is -3.64. The minimum Gasteiger partial charge on any atom is -0.296 e. The van der Waals surface area contributed by atoms with Crippen molar-refractivity contribution in [3.8, 4) is 0 Å². The molecule has 1 aliphatic rings. The number of carbonyl (C=O) groups excluding carboxylic acids is 1. The number of hydrogen-bond donors (Lipinski definition) is 2. The maximum atomic E-state index is 12.0. The molecule has 0 radical (unpaired) electrons. The molecule has 0 aliphatic heterocycles. The van der Waals surface area contributed by atoms with Crippen LogP contribution in [0.2, 0.25) is 0 Å². The monoisotopic (exact) mass is 338 g/mol. The highest BCUT2D eigenvalue weighted by molar-refractivity contribution is 7.91. The molecule has 1 aromatic carbocycles. The van der Waals surface area contributed by atoms with Crippen molar-refractivity contribution >= 4 is 32.4 Å². The average molecular weight is 338 g/mol. The third-order valence-corrected chi connectivity index (χ3v) is 5.80. The van der Waals surface area contributed by atoms with E-state index >= 15 is 0 Å². The molecule has 7 nitrogen and oxygen atoms in total. The molecule has 22 heavy (non-hydrogen) atoms. The lowest BCUT2D eigenvalue weighted by molar-refractivity contribution is 0.102. The Kier molecular flexibility index (Phi) is 3.94. The van der Waals surface area contributed by atoms with Gasteiger partial charge < -0.3 is 0 Å². The highest BCUT2D eigenvalue weighted by Crippen LogP contribution is 2.25. The number of aryl methyl sites for hydroxylation is 1. The van der Waals surface area contributed by atoms with E-state index in [2.05, 4.69) is 20.2 Å². The fourth-order valence-corrected chi connectivity index (χ4v) is 3.93. The minimum absolute atomic E-state index is 0.000463. The quantitative estimate of drug-likeness (QED) is 0.805. The summed E-state index contributed by atoms with van der Waals surface area (Å²) in [6.45, 7) is 1.93. The summed E-state index contributed by atoms with van der Waals surface area (Å²) >= 11 is 0.831. The smallest absolute Gasteiger partial charge is 0.270 e. The molecule has 0 unspecified atom stereocenters. The molecule has 0 spiro atoms. The number of amides is 1. The van der Waals surface area contributed by atoms with Crippen LogP contribution < -0.4 is 10.0 Å². The van der Waals surface area contributed by atoms with Gasteiger partial charge in [-0.25, -0.2) is 13.1 Å². The van der Waals surface area contributed by atoms with Gasteiger partial charge in [-0.3, -0.25) is 10.1 Å². The van der Waals surface area contributed by atoms with Gasteiger partial charge in [0.15, 0.2) is 0 Å². The third-order valence-electron chi connectivity index (χ3n) is 3.07. The minimum atomic E-state index is -3.64. The van der Waals surface area contributed by atoms with Crippen molar-refractivity contribution in [1.82, 2.24) is 14.9 Å². The van der Waals surface area contributed by atoms with Crippen molar-refractivity contribution in [2.75, 3.05) is 5.32 Å². The van der Waals surface area contributed by atoms with Gasteiger partial charge in [-0.1, -0.05) is 29.0 Å². The molecule has 1 aliphatic carbocycles. The molecule has 1 heterocycles. The highest BCUT2D eigenvalue weighted by atomic mass is 32.2. The lowest BCUT2D eigenvalue weighted by Gasteiger charge is -2.01. The summed E-state index contributed by atoms with van der Waals surface area (Å²) in [5.74, 6) is -0.352. The first-order valence-corrected chi connectivity index (χ1v) is 8.98. The van der Waals surface area contributed by atoms with E-state index in [9.17, 15) is 13.2 Å². The zero-order valence-electron chi connectivity index (χ0n) is 11.7. The molecule has 1 saturated carbocycles. The maximum Gasteiger partial charge on any atom is 0.270 e. The summed E-state index contributed by atoms with van der Waals surface area (Å²) in [6.07, 6.45) is 1.68. The Morgan fingerprint density at radius 2 is 1.91 bits per heavy atom. The predicted octanol–water partition coefficient (Wildman–Crippen LogP) is 1.54. The van der Waals surface area contributed by atoms with Crippen molar-refractivity contribution in [2.24, 2.45) is 0 Å². The van der Waals surface area contributed by atoms with E-state index in [1.54, 1.807) is 12.1 Å². The van der Waals surface area contributed by atoms with Gasteiger partial charge >= 0.3 is 0 Å². The van der Waals surface area contributed by atoms with E-state index in [1.807, 2.05) is 19.1 Å². The topological polar surface area (TPSA) is 101 Å². The zero-order chi connectivity index (χ0) is 15.7. The van der Waals surface area contributed by atoms with E-state index in [1.165, 1.54) is 0 Å². The second-order valence-corrected chi connectivity index (χ2v) is 7.95. The summed E-state index contributed by atoms with van der Waals surface area (Å²) in [5.41, 5.74) is 1.52. The van der Waals surface area contributed by atoms with Crippen molar-refractivity contribution in [2.45, 2.75) is 30.1 Å². The van der Waals surface area contributed by atoms with Gasteiger partial charge in [0.05, 0.1) is 0 Å². The second-order valence-electron chi connectivity index (χ2n) is 5.09. The van der Waals surface area contributed by atoms with Crippen molar-refractivity contribution in [3.63, 3.8) is 0 Å². The maximum absolute atomic E-state index is 12.0. The Morgan fingerprint density at radius 3 is 2.55 bits per heavy atom. The van der Waals surface area contributed by atoms with Crippen LogP contribution in [0, 0.1) is 6.92 Å². The van der Waals surface area contributed by atoms with Crippen molar-refractivity contribution in [3.05, 3.63) is 35.4 Å². The molecule has 9 heteroatoms. The molecule has 1 amide bonds. The van der Waals surface area contributed by atoms with Crippen LogP contribution >= 0.6 is 11.3 Å². The van der Waals surface area contributed by atoms with Gasteiger partial charge in [0.2, 0.25) is 9.47 Å². The van der Waals surface area contributed by atoms with E-state index < -0.39 is 10.0 Å². The first-order chi connectivity index (χ1) is 10.4. The van der Waals surface area contributed by atoms with E-state index in [4.69, 9.17) is 0 Å². The van der Waals surface area contributed by atoms with E-state index in [0.29, 0.717) is 5.56 Å². The number of benzene rings is 1. The first kappa shape index (κ1) is 15.1. The molecule has 116 valence electrons. The van der Waals surface area contributed by atoms with Crippen LogP contribution in [-0.2, 0) is 10.0 Å². The summed E-state index contributed by atoms with van der Waals surface area (Å²) < 4.78 is 26.3. The Balaban J connectivity index is 1.71. The second kappa shape index (κ2) is 5.75. The number of anilines is 1. The number of aromatic nitrogens is 2. The fraction of sp³-hybridized carbons (Fsp3) is 0.308. The Bertz CT molecular complexity index is 795. The predicted molar refractivity (Wildman–Crippen MR) is 82.4 cm³/mol. The number of nitrogens with one attached hydrogen (secondary N) is 2. The van der Waals surface area contributed by atoms with Gasteiger partial charge in [-0.05, 0) is 31.9 Å². The summed E-state index contributed by atoms with van der Waals surface area (Å²) in [6, 6.07) is 7.03. The molecule has 0 atom stereocenters. The third kappa shape index (κ3) is 3.49. The molecule has 1 fully saturated rings. The SMILES string of the molecule is Cc1ccc(C(=O)Nc2nnc(S(=O)(=O)NC3CC3)s2)cc1. The van der Waals surface area contributed by atoms with Crippen molar-refractivity contribution < 1.29 is 13.2 Å². The summed E-state index contributed by atoms with van der Waals surface area (Å²) in [5, 5.41) is 10.1. The van der Waals surface area contributed by atoms with Gasteiger partial charge in [0.25, 0.3) is 15.9 Å². The van der Waals surface area contributed by atoms with Crippen LogP contribution in [-0.4, -0.2) is 30.6 Å². The largest absolute Gasteiger partial charge is 0.296 e. The number of nitrogens with zero attached hydrogens (tertiary/aromatic N) is 2. The summed E-state index contributed by atoms with van der Waals surface area (Å²) in [4.78, 5) is 12.0. The van der Waals surface area contributed by atoms with Crippen molar-refractivity contribution in [1.29, 1.82) is 0 Å². The molecule has 1 aromatic heterocycles. The number of carbonyl (C=O) groups is 1. The van der Waals surface area contributed by atoms with E-state index in [-0.39, 0.29) is 21.4 Å². The Morgan fingerprint density at radius 1 is 1.23 bits per heavy atom. The molecule has 0 saturated heterocycles. The Hall–Kier alpha value is -1.84. The number of rotatable bonds is 5. The fourth-order valence-electron chi connectivity index (χ4n) is 1.71. The van der Waals surface area contributed by atoms with Crippen LogP contribution in [0.1, 0.15) is 28.8 Å². The lowest BCUT2D eigenvalue weighted by atomic mass is 10.1. The van der Waals surface area contributed by atoms with Crippen LogP contribution in [0.5, 0.6) is 0 Å². The standard InChI is InChI=1S/C13H14N4O3S2/c1-8-2-4-9(5-3-8)11(18)14-12-15-16-13(21-12)22(19,20)17-10-6-7-10/h2-5,10,17H,6-7H2,1H3,(H,14,15,18). The molecular weight excluding hydrogens is 324 g/mol. The van der Waals surface area contributed by atoms with Crippen LogP contribution in [0.4, 0.5) is 5.13 Å². The van der Waals surface area contributed by atoms with Gasteiger partial charge in [0.1, 0.15) is 0 Å². The molecular formula is C13H14N4O3S2. The first-order valence-electron chi connectivity index (χ1n) is 6.68. The van der Waals surface area contributed by atoms with Gasteiger partial charge in [-0.2, -0.15) is 0 Å². The zero-order valence-corrected chi connectivity index (χ0v) is 13.4. The molecule has 0 bridgehead atoms. The lowest BCUT2D eigenvalue weighted by Crippen LogP contribution is -2.25. The normalized spacial score (nSPS) is 14.8. The van der Waals surface area contributed by atoms with E-state index in [0.717, 1.165) is 29.7 Å². The Labute approximate surface area is 131 Å². The number of hydrogen-bond acceptors (Lipinski definition) is 6. The van der Waals surface area contributed by atoms with Gasteiger partial charge in [0, 0.05) is 11.6 Å². The van der Waals surface area contributed by atoms with Crippen LogP contribution in [0.3, 0.4) is 0 Å². The highest BCUT2D eigenvalue weighted by Gasteiger charge is 2.30. The van der Waals surface area contributed by atoms with Gasteiger partial charge in [-0.15, -0.1) is 10.2 Å².